The van der Waals surface area contributed by atoms with Crippen LogP contribution < -0.4 is 5.32 Å². The summed E-state index contributed by atoms with van der Waals surface area (Å²) in [5.41, 5.74) is -0.152. The Kier molecular flexibility index (Phi) is 5.24. The molecule has 2 rings (SSSR count). The number of amides is 2. The number of furan rings is 1. The Labute approximate surface area is 130 Å². The molecule has 6 nitrogen and oxygen atoms in total. The van der Waals surface area contributed by atoms with Gasteiger partial charge in [0, 0.05) is 26.1 Å². The largest absolute Gasteiger partial charge is 0.467 e. The molecule has 0 aromatic carbocycles. The van der Waals surface area contributed by atoms with Gasteiger partial charge in [0.05, 0.1) is 18.7 Å². The number of rotatable bonds is 7. The topological polar surface area (TPSA) is 82.8 Å². The second-order valence-electron chi connectivity index (χ2n) is 6.61. The molecule has 122 valence electrons. The van der Waals surface area contributed by atoms with E-state index in [0.29, 0.717) is 26.1 Å². The van der Waals surface area contributed by atoms with Crippen LogP contribution in [0.3, 0.4) is 0 Å². The lowest BCUT2D eigenvalue weighted by atomic mass is 9.89. The third kappa shape index (κ3) is 4.34. The van der Waals surface area contributed by atoms with E-state index in [0.717, 1.165) is 5.76 Å². The molecule has 0 radical (unpaired) electrons. The zero-order valence-corrected chi connectivity index (χ0v) is 13.2. The fourth-order valence-corrected chi connectivity index (χ4v) is 2.55. The molecule has 2 heterocycles. The number of aliphatic hydroxyl groups excluding tert-OH is 1. The molecule has 22 heavy (non-hydrogen) atoms. The highest BCUT2D eigenvalue weighted by atomic mass is 16.3. The molecule has 2 amide bonds. The van der Waals surface area contributed by atoms with Gasteiger partial charge < -0.3 is 19.7 Å². The number of carbonyl (C=O) groups is 2. The first kappa shape index (κ1) is 16.5. The minimum absolute atomic E-state index is 0.0221. The summed E-state index contributed by atoms with van der Waals surface area (Å²) in [4.78, 5) is 25.9. The monoisotopic (exact) mass is 308 g/mol. The summed E-state index contributed by atoms with van der Waals surface area (Å²) in [5, 5.41) is 11.9. The van der Waals surface area contributed by atoms with E-state index in [9.17, 15) is 9.59 Å². The lowest BCUT2D eigenvalue weighted by Crippen LogP contribution is -2.39. The van der Waals surface area contributed by atoms with Crippen LogP contribution in [-0.4, -0.2) is 41.5 Å². The van der Waals surface area contributed by atoms with E-state index in [1.165, 1.54) is 0 Å². The van der Waals surface area contributed by atoms with Crippen molar-refractivity contribution in [2.45, 2.75) is 33.2 Å². The highest BCUT2D eigenvalue weighted by molar-refractivity contribution is 5.89. The van der Waals surface area contributed by atoms with Crippen molar-refractivity contribution in [1.29, 1.82) is 0 Å². The van der Waals surface area contributed by atoms with Gasteiger partial charge in [-0.2, -0.15) is 0 Å². The first-order valence-electron chi connectivity index (χ1n) is 7.60. The van der Waals surface area contributed by atoms with Crippen LogP contribution in [0.4, 0.5) is 0 Å². The zero-order chi connectivity index (χ0) is 16.2. The van der Waals surface area contributed by atoms with Crippen LogP contribution in [0, 0.1) is 11.3 Å². The fraction of sp³-hybridized carbons (Fsp3) is 0.625. The Morgan fingerprint density at radius 1 is 1.55 bits per heavy atom. The van der Waals surface area contributed by atoms with Gasteiger partial charge in [-0.1, -0.05) is 13.8 Å². The van der Waals surface area contributed by atoms with Gasteiger partial charge in [0.2, 0.25) is 11.8 Å². The Morgan fingerprint density at radius 2 is 2.32 bits per heavy atom. The van der Waals surface area contributed by atoms with Crippen molar-refractivity contribution in [3.8, 4) is 0 Å². The number of aliphatic hydroxyl groups is 1. The molecule has 2 N–H and O–H groups in total. The maximum absolute atomic E-state index is 12.2. The Hall–Kier alpha value is -1.82. The summed E-state index contributed by atoms with van der Waals surface area (Å²) in [6.07, 6.45) is 2.44. The van der Waals surface area contributed by atoms with E-state index in [1.54, 1.807) is 17.2 Å². The second-order valence-corrected chi connectivity index (χ2v) is 6.61. The molecule has 1 aliphatic rings. The quantitative estimate of drug-likeness (QED) is 0.791. The van der Waals surface area contributed by atoms with Crippen molar-refractivity contribution in [3.63, 3.8) is 0 Å². The Bertz CT molecular complexity index is 510. The van der Waals surface area contributed by atoms with Gasteiger partial charge >= 0.3 is 0 Å². The predicted octanol–water partition coefficient (Wildman–Crippen LogP) is 1.15. The van der Waals surface area contributed by atoms with Gasteiger partial charge in [0.1, 0.15) is 5.76 Å². The summed E-state index contributed by atoms with van der Waals surface area (Å²) in [6.45, 7) is 5.41. The molecule has 0 saturated carbocycles. The lowest BCUT2D eigenvalue weighted by molar-refractivity contribution is -0.129. The molecule has 1 unspecified atom stereocenters. The second kappa shape index (κ2) is 6.96. The third-order valence-corrected chi connectivity index (χ3v) is 4.04. The van der Waals surface area contributed by atoms with Crippen molar-refractivity contribution in [3.05, 3.63) is 24.2 Å². The molecule has 1 atom stereocenters. The van der Waals surface area contributed by atoms with Crippen LogP contribution in [-0.2, 0) is 16.1 Å². The van der Waals surface area contributed by atoms with Gasteiger partial charge in [-0.15, -0.1) is 0 Å². The maximum atomic E-state index is 12.2. The highest BCUT2D eigenvalue weighted by Gasteiger charge is 2.35. The molecule has 0 aliphatic carbocycles. The van der Waals surface area contributed by atoms with E-state index in [1.807, 2.05) is 19.9 Å². The molecule has 1 saturated heterocycles. The highest BCUT2D eigenvalue weighted by Crippen LogP contribution is 2.22. The molecule has 1 aromatic rings. The molecular formula is C16H24N2O4. The van der Waals surface area contributed by atoms with Crippen molar-refractivity contribution in [2.75, 3.05) is 19.7 Å². The van der Waals surface area contributed by atoms with Crippen LogP contribution in [0.15, 0.2) is 22.8 Å². The normalized spacial score (nSPS) is 18.8. The molecule has 6 heteroatoms. The number of likely N-dealkylation sites (tertiary alicyclic amines) is 1. The fourth-order valence-electron chi connectivity index (χ4n) is 2.55. The van der Waals surface area contributed by atoms with Crippen LogP contribution in [0.5, 0.6) is 0 Å². The Balaban J connectivity index is 1.83. The number of hydrogen-bond acceptors (Lipinski definition) is 4. The predicted molar refractivity (Wildman–Crippen MR) is 80.7 cm³/mol. The summed E-state index contributed by atoms with van der Waals surface area (Å²) < 4.78 is 5.24. The number of hydrogen-bond donors (Lipinski definition) is 2. The van der Waals surface area contributed by atoms with E-state index in [2.05, 4.69) is 5.32 Å². The smallest absolute Gasteiger partial charge is 0.225 e. The van der Waals surface area contributed by atoms with Crippen LogP contribution in [0.1, 0.15) is 32.4 Å². The molecule has 0 spiro atoms. The average molecular weight is 308 g/mol. The third-order valence-electron chi connectivity index (χ3n) is 4.04. The summed E-state index contributed by atoms with van der Waals surface area (Å²) in [6, 6.07) is 3.60. The number of nitrogens with zero attached hydrogens (tertiary/aromatic N) is 1. The molecule has 0 bridgehead atoms. The van der Waals surface area contributed by atoms with E-state index in [4.69, 9.17) is 9.52 Å². The minimum Gasteiger partial charge on any atom is -0.467 e. The van der Waals surface area contributed by atoms with Crippen molar-refractivity contribution in [2.24, 2.45) is 11.3 Å². The van der Waals surface area contributed by atoms with Crippen LogP contribution in [0.2, 0.25) is 0 Å². The molecule has 1 fully saturated rings. The molecular weight excluding hydrogens is 284 g/mol. The SMILES string of the molecule is CC(C)(CCO)CNC(=O)C1CC(=O)N(Cc2ccco2)C1. The summed E-state index contributed by atoms with van der Waals surface area (Å²) in [7, 11) is 0. The molecule has 1 aliphatic heterocycles. The zero-order valence-electron chi connectivity index (χ0n) is 13.2. The van der Waals surface area contributed by atoms with E-state index >= 15 is 0 Å². The van der Waals surface area contributed by atoms with Gasteiger partial charge in [-0.25, -0.2) is 0 Å². The van der Waals surface area contributed by atoms with Gasteiger partial charge in [0.25, 0.3) is 0 Å². The van der Waals surface area contributed by atoms with Gasteiger partial charge in [-0.3, -0.25) is 9.59 Å². The first-order chi connectivity index (χ1) is 10.4. The van der Waals surface area contributed by atoms with Gasteiger partial charge in [0.15, 0.2) is 0 Å². The molecule has 1 aromatic heterocycles. The van der Waals surface area contributed by atoms with Crippen LogP contribution in [0.25, 0.3) is 0 Å². The summed E-state index contributed by atoms with van der Waals surface area (Å²) >= 11 is 0. The van der Waals surface area contributed by atoms with E-state index in [-0.39, 0.29) is 36.2 Å². The first-order valence-corrected chi connectivity index (χ1v) is 7.60. The average Bonchev–Trinajstić information content (AvgIpc) is 3.07. The van der Waals surface area contributed by atoms with Crippen LogP contribution >= 0.6 is 0 Å². The van der Waals surface area contributed by atoms with Crippen molar-refractivity contribution >= 4 is 11.8 Å². The maximum Gasteiger partial charge on any atom is 0.225 e. The lowest BCUT2D eigenvalue weighted by Gasteiger charge is -2.24. The summed E-state index contributed by atoms with van der Waals surface area (Å²) in [5.74, 6) is 0.290. The van der Waals surface area contributed by atoms with Crippen molar-refractivity contribution in [1.82, 2.24) is 10.2 Å². The van der Waals surface area contributed by atoms with E-state index < -0.39 is 0 Å². The standard InChI is InChI=1S/C16H24N2O4/c1-16(2,5-6-19)11-17-15(21)12-8-14(20)18(9-12)10-13-4-3-7-22-13/h3-4,7,12,19H,5-6,8-11H2,1-2H3,(H,17,21). The Morgan fingerprint density at radius 3 is 2.95 bits per heavy atom. The van der Waals surface area contributed by atoms with Gasteiger partial charge in [-0.05, 0) is 24.0 Å². The van der Waals surface area contributed by atoms with Crippen molar-refractivity contribution < 1.29 is 19.1 Å². The minimum atomic E-state index is -0.313. The number of carbonyl (C=O) groups excluding carboxylic acids is 2. The number of nitrogens with one attached hydrogen (secondary N) is 1.